The van der Waals surface area contributed by atoms with E-state index in [0.29, 0.717) is 25.6 Å². The Kier molecular flexibility index (Phi) is 4.32. The molecule has 1 amide bonds. The van der Waals surface area contributed by atoms with Gasteiger partial charge in [-0.15, -0.1) is 0 Å². The third-order valence-corrected chi connectivity index (χ3v) is 3.56. The molecule has 0 aliphatic carbocycles. The fourth-order valence-electron chi connectivity index (χ4n) is 2.42. The lowest BCUT2D eigenvalue weighted by Gasteiger charge is -2.07. The number of rotatable bonds is 5. The molecule has 0 aliphatic rings. The van der Waals surface area contributed by atoms with Crippen molar-refractivity contribution in [2.24, 2.45) is 0 Å². The number of aromatic nitrogens is 2. The van der Waals surface area contributed by atoms with Gasteiger partial charge >= 0.3 is 0 Å². The Morgan fingerprint density at radius 2 is 2.09 bits per heavy atom. The average Bonchev–Trinajstić information content (AvgIpc) is 2.94. The summed E-state index contributed by atoms with van der Waals surface area (Å²) < 4.78 is 28.3. The van der Waals surface area contributed by atoms with Gasteiger partial charge in [-0.25, -0.2) is 13.8 Å². The first-order valence-corrected chi connectivity index (χ1v) is 7.28. The Labute approximate surface area is 131 Å². The van der Waals surface area contributed by atoms with Crippen LogP contribution in [0.1, 0.15) is 16.8 Å². The van der Waals surface area contributed by atoms with Gasteiger partial charge in [0.1, 0.15) is 17.3 Å². The maximum Gasteiger partial charge on any atom is 0.254 e. The van der Waals surface area contributed by atoms with Gasteiger partial charge in [0.05, 0.1) is 5.56 Å². The fourth-order valence-corrected chi connectivity index (χ4v) is 2.42. The van der Waals surface area contributed by atoms with Gasteiger partial charge in [0.15, 0.2) is 0 Å². The fraction of sp³-hybridized carbons (Fsp3) is 0.176. The third kappa shape index (κ3) is 3.36. The van der Waals surface area contributed by atoms with E-state index in [9.17, 15) is 13.6 Å². The molecule has 2 heterocycles. The number of nitrogens with zero attached hydrogens (tertiary/aromatic N) is 2. The van der Waals surface area contributed by atoms with E-state index in [-0.39, 0.29) is 5.56 Å². The van der Waals surface area contributed by atoms with Crippen LogP contribution in [0.15, 0.2) is 48.8 Å². The van der Waals surface area contributed by atoms with Crippen LogP contribution in [0.3, 0.4) is 0 Å². The number of halogens is 2. The summed E-state index contributed by atoms with van der Waals surface area (Å²) in [5, 5.41) is 3.69. The van der Waals surface area contributed by atoms with Crippen molar-refractivity contribution < 1.29 is 13.6 Å². The standard InChI is InChI=1S/C17H15F2N3O/c18-13-4-5-14(15(19)11-13)17(23)21-8-2-9-22-10-6-12-3-1-7-20-16(12)22/h1,3-7,10-11H,2,8-9H2,(H,21,23). The number of carbonyl (C=O) groups is 1. The Morgan fingerprint density at radius 1 is 1.22 bits per heavy atom. The summed E-state index contributed by atoms with van der Waals surface area (Å²) >= 11 is 0. The quantitative estimate of drug-likeness (QED) is 0.735. The molecule has 0 radical (unpaired) electrons. The van der Waals surface area contributed by atoms with E-state index in [1.165, 1.54) is 0 Å². The maximum absolute atomic E-state index is 13.5. The highest BCUT2D eigenvalue weighted by atomic mass is 19.1. The molecule has 118 valence electrons. The molecule has 0 spiro atoms. The van der Waals surface area contributed by atoms with Crippen LogP contribution in [0.25, 0.3) is 11.0 Å². The lowest BCUT2D eigenvalue weighted by Crippen LogP contribution is -2.26. The van der Waals surface area contributed by atoms with Gasteiger partial charge in [-0.1, -0.05) is 0 Å². The van der Waals surface area contributed by atoms with Crippen molar-refractivity contribution in [1.82, 2.24) is 14.9 Å². The number of pyridine rings is 1. The predicted molar refractivity (Wildman–Crippen MR) is 83.0 cm³/mol. The molecule has 0 unspecified atom stereocenters. The van der Waals surface area contributed by atoms with E-state index in [4.69, 9.17) is 0 Å². The number of hydrogen-bond acceptors (Lipinski definition) is 2. The highest BCUT2D eigenvalue weighted by Crippen LogP contribution is 2.12. The Hall–Kier alpha value is -2.76. The summed E-state index contributed by atoms with van der Waals surface area (Å²) in [4.78, 5) is 16.2. The van der Waals surface area contributed by atoms with Crippen molar-refractivity contribution in [3.63, 3.8) is 0 Å². The summed E-state index contributed by atoms with van der Waals surface area (Å²) in [6.45, 7) is 1.08. The molecule has 0 saturated carbocycles. The number of benzene rings is 1. The minimum atomic E-state index is -0.858. The number of aryl methyl sites for hydroxylation is 1. The van der Waals surface area contributed by atoms with Crippen molar-refractivity contribution in [2.45, 2.75) is 13.0 Å². The molecule has 1 N–H and O–H groups in total. The SMILES string of the molecule is O=C(NCCCn1ccc2cccnc21)c1ccc(F)cc1F. The summed E-state index contributed by atoms with van der Waals surface area (Å²) in [6.07, 6.45) is 4.35. The molecule has 0 saturated heterocycles. The van der Waals surface area contributed by atoms with Crippen molar-refractivity contribution in [2.75, 3.05) is 6.54 Å². The normalized spacial score (nSPS) is 10.9. The van der Waals surface area contributed by atoms with Crippen LogP contribution in [-0.4, -0.2) is 22.0 Å². The van der Waals surface area contributed by atoms with E-state index in [0.717, 1.165) is 23.2 Å². The lowest BCUT2D eigenvalue weighted by atomic mass is 10.2. The summed E-state index contributed by atoms with van der Waals surface area (Å²) in [5.41, 5.74) is 0.739. The molecule has 0 aliphatic heterocycles. The monoisotopic (exact) mass is 315 g/mol. The van der Waals surface area contributed by atoms with Crippen LogP contribution >= 0.6 is 0 Å². The van der Waals surface area contributed by atoms with Gasteiger partial charge in [-0.3, -0.25) is 4.79 Å². The van der Waals surface area contributed by atoms with Gasteiger partial charge in [-0.2, -0.15) is 0 Å². The average molecular weight is 315 g/mol. The summed E-state index contributed by atoms with van der Waals surface area (Å²) in [7, 11) is 0. The molecule has 1 aromatic carbocycles. The Morgan fingerprint density at radius 3 is 2.91 bits per heavy atom. The minimum absolute atomic E-state index is 0.153. The van der Waals surface area contributed by atoms with Crippen molar-refractivity contribution >= 4 is 16.9 Å². The first-order chi connectivity index (χ1) is 11.1. The largest absolute Gasteiger partial charge is 0.352 e. The van der Waals surface area contributed by atoms with Crippen molar-refractivity contribution in [3.05, 3.63) is 66.0 Å². The van der Waals surface area contributed by atoms with E-state index >= 15 is 0 Å². The van der Waals surface area contributed by atoms with Crippen LogP contribution in [0.2, 0.25) is 0 Å². The summed E-state index contributed by atoms with van der Waals surface area (Å²) in [6, 6.07) is 8.75. The predicted octanol–water partition coefficient (Wildman–Crippen LogP) is 3.13. The molecular formula is C17H15F2N3O. The second-order valence-electron chi connectivity index (χ2n) is 5.16. The lowest BCUT2D eigenvalue weighted by molar-refractivity contribution is 0.0948. The minimum Gasteiger partial charge on any atom is -0.352 e. The molecule has 0 fully saturated rings. The van der Waals surface area contributed by atoms with Crippen molar-refractivity contribution in [3.8, 4) is 0 Å². The number of carbonyl (C=O) groups excluding carboxylic acids is 1. The molecule has 6 heteroatoms. The van der Waals surface area contributed by atoms with Gasteiger partial charge in [0, 0.05) is 36.9 Å². The second kappa shape index (κ2) is 6.56. The smallest absolute Gasteiger partial charge is 0.254 e. The number of fused-ring (bicyclic) bond motifs is 1. The molecule has 2 aromatic heterocycles. The van der Waals surface area contributed by atoms with Gasteiger partial charge < -0.3 is 9.88 Å². The van der Waals surface area contributed by atoms with Gasteiger partial charge in [-0.05, 0) is 36.8 Å². The highest BCUT2D eigenvalue weighted by Gasteiger charge is 2.11. The first-order valence-electron chi connectivity index (χ1n) is 7.28. The first kappa shape index (κ1) is 15.1. The molecular weight excluding hydrogens is 300 g/mol. The molecule has 3 aromatic rings. The van der Waals surface area contributed by atoms with Crippen LogP contribution in [0.4, 0.5) is 8.78 Å². The highest BCUT2D eigenvalue weighted by molar-refractivity contribution is 5.94. The molecule has 0 atom stereocenters. The van der Waals surface area contributed by atoms with Crippen LogP contribution in [0.5, 0.6) is 0 Å². The maximum atomic E-state index is 13.5. The van der Waals surface area contributed by atoms with Crippen LogP contribution < -0.4 is 5.32 Å². The molecule has 0 bridgehead atoms. The second-order valence-corrected chi connectivity index (χ2v) is 5.16. The molecule has 23 heavy (non-hydrogen) atoms. The van der Waals surface area contributed by atoms with Gasteiger partial charge in [0.2, 0.25) is 0 Å². The van der Waals surface area contributed by atoms with E-state index in [2.05, 4.69) is 10.3 Å². The zero-order valence-electron chi connectivity index (χ0n) is 12.3. The van der Waals surface area contributed by atoms with Crippen LogP contribution in [-0.2, 0) is 6.54 Å². The third-order valence-electron chi connectivity index (χ3n) is 3.56. The van der Waals surface area contributed by atoms with E-state index in [1.807, 2.05) is 29.0 Å². The van der Waals surface area contributed by atoms with Gasteiger partial charge in [0.25, 0.3) is 5.91 Å². The zero-order chi connectivity index (χ0) is 16.2. The Balaban J connectivity index is 1.54. The van der Waals surface area contributed by atoms with E-state index < -0.39 is 17.5 Å². The topological polar surface area (TPSA) is 46.9 Å². The van der Waals surface area contributed by atoms with Crippen LogP contribution in [0, 0.1) is 11.6 Å². The summed E-state index contributed by atoms with van der Waals surface area (Å²) in [5.74, 6) is -2.10. The van der Waals surface area contributed by atoms with Crippen molar-refractivity contribution in [1.29, 1.82) is 0 Å². The molecule has 4 nitrogen and oxygen atoms in total. The number of hydrogen-bond donors (Lipinski definition) is 1. The zero-order valence-corrected chi connectivity index (χ0v) is 12.3. The number of nitrogens with one attached hydrogen (secondary N) is 1. The number of amides is 1. The molecule has 3 rings (SSSR count). The van der Waals surface area contributed by atoms with E-state index in [1.54, 1.807) is 6.20 Å². The Bertz CT molecular complexity index is 845.